The van der Waals surface area contributed by atoms with Crippen molar-refractivity contribution >= 4 is 93.4 Å². The number of rotatable bonds is 12. The summed E-state index contributed by atoms with van der Waals surface area (Å²) in [5.41, 5.74) is 15.7. The first-order chi connectivity index (χ1) is 44.3. The van der Waals surface area contributed by atoms with Crippen molar-refractivity contribution < 1.29 is 62.2 Å². The summed E-state index contributed by atoms with van der Waals surface area (Å²) in [6.45, 7) is 1.48. The first-order valence-corrected chi connectivity index (χ1v) is 33.4. The second kappa shape index (κ2) is 33.7. The number of carbonyl (C=O) groups is 10. The van der Waals surface area contributed by atoms with Crippen LogP contribution in [0.1, 0.15) is 92.5 Å². The Kier molecular flexibility index (Phi) is 25.4. The summed E-state index contributed by atoms with van der Waals surface area (Å²) in [6.07, 6.45) is 3.48. The SMILES string of the molecule is COc1ccc(C[C@@H]2NC(=O)[C@H](Cc3c[nH]c4ccc(F)cc34)CC(=O)CNC(=O)[C@H](CCCCN)NC(=O)CCSCc3cccc(c3)CSC[C@@H](C(N)=O)NC(=O)[C@@H]3CCCN3C(=O)[C@H](Cc3ccc(O)cc3)NC(=O)[C@H](C)NC(=O)[C@@H]3CCCN3C2=O)cc1. The van der Waals surface area contributed by atoms with Crippen molar-refractivity contribution in [3.05, 3.63) is 131 Å². The molecule has 492 valence electrons. The van der Waals surface area contributed by atoms with E-state index in [9.17, 15) is 52.6 Å². The maximum Gasteiger partial charge on any atom is 0.246 e. The number of ether oxygens (including phenoxy) is 1. The van der Waals surface area contributed by atoms with E-state index in [4.69, 9.17) is 16.2 Å². The van der Waals surface area contributed by atoms with Gasteiger partial charge in [-0.2, -0.15) is 23.5 Å². The molecule has 8 rings (SSSR count). The van der Waals surface area contributed by atoms with Gasteiger partial charge in [0.25, 0.3) is 0 Å². The number of halogens is 1. The Hall–Kier alpha value is -8.49. The number of Topliss-reactive ketones (excluding diaryl/α,β-unsaturated/α-hetero) is 1. The Bertz CT molecular complexity index is 3450. The number of phenols is 1. The van der Waals surface area contributed by atoms with Gasteiger partial charge in [-0.15, -0.1) is 0 Å². The lowest BCUT2D eigenvalue weighted by atomic mass is 9.92. The molecule has 0 spiro atoms. The zero-order chi connectivity index (χ0) is 65.8. The van der Waals surface area contributed by atoms with Crippen LogP contribution >= 0.6 is 23.5 Å². The van der Waals surface area contributed by atoms with Crippen LogP contribution in [0.2, 0.25) is 0 Å². The van der Waals surface area contributed by atoms with Crippen molar-refractivity contribution in [1.82, 2.24) is 46.7 Å². The Balaban J connectivity index is 1.08. The average molecular weight is 1300 g/mol. The van der Waals surface area contributed by atoms with Gasteiger partial charge in [-0.3, -0.25) is 47.9 Å². The summed E-state index contributed by atoms with van der Waals surface area (Å²) in [5, 5.41) is 27.2. The van der Waals surface area contributed by atoms with Gasteiger partial charge in [0.05, 0.1) is 13.7 Å². The van der Waals surface area contributed by atoms with Crippen LogP contribution in [-0.4, -0.2) is 166 Å². The number of thioether (sulfide) groups is 2. The molecule has 2 saturated heterocycles. The number of hydrogen-bond donors (Lipinski definition) is 10. The quantitative estimate of drug-likeness (QED) is 0.0801. The number of ketones is 1. The lowest BCUT2D eigenvalue weighted by molar-refractivity contribution is -0.143. The third kappa shape index (κ3) is 19.5. The number of primary amides is 1. The Labute approximate surface area is 542 Å². The van der Waals surface area contributed by atoms with Crippen LogP contribution in [0.3, 0.4) is 0 Å². The number of aromatic amines is 1. The topological polar surface area (TPSA) is 347 Å². The van der Waals surface area contributed by atoms with E-state index in [1.165, 1.54) is 71.6 Å². The van der Waals surface area contributed by atoms with E-state index in [2.05, 4.69) is 36.9 Å². The standard InChI is InChI=1S/C66H82FN11O12S2/c1-39-60(83)74-53(29-40-13-18-47(79)19-14-40)65(88)78-26-7-12-57(78)64(87)76-55(59(69)82)38-92-37-43-9-5-8-42(28-43)36-91-27-23-58(81)73-52(10-3-4-24-68)62(85)71-35-48(80)32-44(31-45-34-70-51-22-17-46(67)33-50(45)51)61(84)75-54(30-41-15-20-49(90-2)21-16-41)66(89)77-25-6-11-56(77)63(86)72-39/h5,8-9,13-22,28,33-34,39,44,52-57,70,79H,3-4,6-7,10-12,23-27,29-32,35-38,68H2,1-2H3,(H2,69,82)(H,71,85)(H,72,86)(H,73,81)(H,74,83)(H,75,84)(H,76,87)/t39-,44+,52-,53-,54-,55-,56-,57-/m0/s1. The van der Waals surface area contributed by atoms with E-state index in [-0.39, 0.29) is 75.4 Å². The van der Waals surface area contributed by atoms with E-state index in [0.717, 1.165) is 11.1 Å². The molecule has 1 aromatic heterocycles. The van der Waals surface area contributed by atoms with E-state index >= 15 is 4.79 Å². The minimum atomic E-state index is -1.34. The molecule has 8 atom stereocenters. The number of fused-ring (bicyclic) bond motifs is 5. The molecule has 26 heteroatoms. The first-order valence-electron chi connectivity index (χ1n) is 31.1. The summed E-state index contributed by atoms with van der Waals surface area (Å²) in [4.78, 5) is 148. The zero-order valence-electron chi connectivity index (χ0n) is 51.7. The van der Waals surface area contributed by atoms with E-state index in [0.29, 0.717) is 82.8 Å². The molecule has 0 aliphatic carbocycles. The van der Waals surface area contributed by atoms with Crippen molar-refractivity contribution in [3.63, 3.8) is 0 Å². The molecule has 0 saturated carbocycles. The van der Waals surface area contributed by atoms with Crippen molar-refractivity contribution in [2.24, 2.45) is 17.4 Å². The highest BCUT2D eigenvalue weighted by atomic mass is 32.2. The summed E-state index contributed by atoms with van der Waals surface area (Å²) in [6, 6.07) is 16.5. The monoisotopic (exact) mass is 1300 g/mol. The average Bonchev–Trinajstić information content (AvgIpc) is 1.64. The third-order valence-electron chi connectivity index (χ3n) is 16.7. The normalized spacial score (nSPS) is 23.7. The number of carbonyl (C=O) groups excluding carboxylic acids is 10. The molecule has 3 aliphatic rings. The smallest absolute Gasteiger partial charge is 0.246 e. The molecular weight excluding hydrogens is 1220 g/mol. The summed E-state index contributed by atoms with van der Waals surface area (Å²) in [5.74, 6) is -6.09. The zero-order valence-corrected chi connectivity index (χ0v) is 53.3. The van der Waals surface area contributed by atoms with Gasteiger partial charge in [0.2, 0.25) is 53.2 Å². The number of methoxy groups -OCH3 is 1. The fraction of sp³-hybridized carbons (Fsp3) is 0.455. The van der Waals surface area contributed by atoms with Crippen LogP contribution in [0, 0.1) is 11.7 Å². The van der Waals surface area contributed by atoms with Crippen molar-refractivity contribution in [2.45, 2.75) is 138 Å². The Morgan fingerprint density at radius 1 is 0.696 bits per heavy atom. The molecule has 5 aromatic rings. The van der Waals surface area contributed by atoms with Gasteiger partial charge >= 0.3 is 0 Å². The second-order valence-corrected chi connectivity index (χ2v) is 25.7. The highest BCUT2D eigenvalue weighted by Gasteiger charge is 2.42. The molecule has 4 heterocycles. The summed E-state index contributed by atoms with van der Waals surface area (Å²) >= 11 is 2.88. The molecule has 4 aromatic carbocycles. The number of nitrogens with zero attached hydrogens (tertiary/aromatic N) is 2. The fourth-order valence-corrected chi connectivity index (χ4v) is 13.6. The number of aromatic nitrogens is 1. The number of nitrogens with two attached hydrogens (primary N) is 2. The molecule has 12 N–H and O–H groups in total. The van der Waals surface area contributed by atoms with Crippen LogP contribution in [0.25, 0.3) is 10.9 Å². The van der Waals surface area contributed by atoms with Gasteiger partial charge < -0.3 is 68.0 Å². The Morgan fingerprint density at radius 3 is 1.95 bits per heavy atom. The molecule has 0 radical (unpaired) electrons. The minimum Gasteiger partial charge on any atom is -0.508 e. The van der Waals surface area contributed by atoms with Gasteiger partial charge in [0.15, 0.2) is 5.78 Å². The number of benzene rings is 4. The van der Waals surface area contributed by atoms with Gasteiger partial charge in [-0.1, -0.05) is 48.5 Å². The van der Waals surface area contributed by atoms with Gasteiger partial charge in [0.1, 0.15) is 59.6 Å². The lowest BCUT2D eigenvalue weighted by Gasteiger charge is -2.31. The van der Waals surface area contributed by atoms with E-state index in [1.54, 1.807) is 48.7 Å². The molecule has 92 heavy (non-hydrogen) atoms. The van der Waals surface area contributed by atoms with E-state index < -0.39 is 120 Å². The second-order valence-electron chi connectivity index (χ2n) is 23.5. The first kappa shape index (κ1) is 69.4. The number of H-pyrrole nitrogens is 1. The number of aromatic hydroxyl groups is 1. The van der Waals surface area contributed by atoms with Crippen molar-refractivity contribution in [2.75, 3.05) is 44.8 Å². The fourth-order valence-electron chi connectivity index (χ4n) is 11.7. The number of nitrogens with one attached hydrogen (secondary N) is 7. The molecular formula is C66H82FN11O12S2. The largest absolute Gasteiger partial charge is 0.508 e. The number of unbranched alkanes of at least 4 members (excludes halogenated alkanes) is 1. The van der Waals surface area contributed by atoms with Crippen LogP contribution in [0.5, 0.6) is 11.5 Å². The third-order valence-corrected chi connectivity index (χ3v) is 18.8. The maximum absolute atomic E-state index is 15.1. The predicted molar refractivity (Wildman–Crippen MR) is 347 cm³/mol. The molecule has 9 amide bonds. The van der Waals surface area contributed by atoms with Crippen molar-refractivity contribution in [3.8, 4) is 11.5 Å². The van der Waals surface area contributed by atoms with Crippen LogP contribution in [0.15, 0.2) is 97.2 Å². The predicted octanol–water partition coefficient (Wildman–Crippen LogP) is 3.35. The maximum atomic E-state index is 15.1. The molecule has 23 nitrogen and oxygen atoms in total. The van der Waals surface area contributed by atoms with Gasteiger partial charge in [-0.25, -0.2) is 4.39 Å². The van der Waals surface area contributed by atoms with Gasteiger partial charge in [0, 0.05) is 84.8 Å². The van der Waals surface area contributed by atoms with Crippen LogP contribution in [-0.2, 0) is 78.7 Å². The summed E-state index contributed by atoms with van der Waals surface area (Å²) in [7, 11) is 1.50. The lowest BCUT2D eigenvalue weighted by Crippen LogP contribution is -2.59. The number of hydrogen-bond acceptors (Lipinski definition) is 15. The minimum absolute atomic E-state index is 0.0334. The van der Waals surface area contributed by atoms with E-state index in [1.807, 2.05) is 24.3 Å². The number of amides is 9. The van der Waals surface area contributed by atoms with Crippen LogP contribution < -0.4 is 48.1 Å². The number of phenolic OH excluding ortho intramolecular Hbond substituents is 1. The molecule has 0 unspecified atom stereocenters. The highest BCUT2D eigenvalue weighted by Crippen LogP contribution is 2.27. The highest BCUT2D eigenvalue weighted by molar-refractivity contribution is 7.98. The Morgan fingerprint density at radius 2 is 1.32 bits per heavy atom. The molecule has 2 bridgehead atoms. The van der Waals surface area contributed by atoms with Crippen molar-refractivity contribution in [1.29, 1.82) is 0 Å². The van der Waals surface area contributed by atoms with Crippen LogP contribution in [0.4, 0.5) is 4.39 Å². The molecule has 2 fully saturated rings. The van der Waals surface area contributed by atoms with Gasteiger partial charge in [-0.05, 0) is 135 Å². The summed E-state index contributed by atoms with van der Waals surface area (Å²) < 4.78 is 20.2. The molecule has 3 aliphatic heterocycles.